The molecule has 1 fully saturated rings. The molecule has 21 heavy (non-hydrogen) atoms. The zero-order chi connectivity index (χ0) is 14.8. The van der Waals surface area contributed by atoms with Crippen LogP contribution in [0.2, 0.25) is 0 Å². The summed E-state index contributed by atoms with van der Waals surface area (Å²) >= 11 is 0. The zero-order valence-electron chi connectivity index (χ0n) is 12.6. The summed E-state index contributed by atoms with van der Waals surface area (Å²) in [6.07, 6.45) is 5.24. The maximum atomic E-state index is 5.29. The van der Waals surface area contributed by atoms with Gasteiger partial charge in [0.25, 0.3) is 0 Å². The van der Waals surface area contributed by atoms with E-state index >= 15 is 0 Å². The Hall–Kier alpha value is -1.64. The van der Waals surface area contributed by atoms with E-state index in [1.807, 2.05) is 0 Å². The standard InChI is InChI=1S/C13H12.C6H13NO/c1-3-7-12(8-4-1)11-13-9-5-2-6-10-13;7-4-2-1-3-6-5-8-6/h1-10H,11H2;6H,1-5,7H2. The van der Waals surface area contributed by atoms with Crippen molar-refractivity contribution in [2.24, 2.45) is 5.73 Å². The lowest BCUT2D eigenvalue weighted by Gasteiger charge is -2.00. The molecule has 1 unspecified atom stereocenters. The van der Waals surface area contributed by atoms with E-state index in [1.165, 1.54) is 24.0 Å². The van der Waals surface area contributed by atoms with Crippen molar-refractivity contribution in [1.82, 2.24) is 0 Å². The predicted octanol–water partition coefficient (Wildman–Crippen LogP) is 3.79. The molecule has 0 aliphatic carbocycles. The zero-order valence-corrected chi connectivity index (χ0v) is 12.6. The number of benzene rings is 2. The Kier molecular flexibility index (Phi) is 6.99. The van der Waals surface area contributed by atoms with Gasteiger partial charge in [-0.2, -0.15) is 0 Å². The molecule has 0 radical (unpaired) electrons. The summed E-state index contributed by atoms with van der Waals surface area (Å²) in [5, 5.41) is 0. The van der Waals surface area contributed by atoms with Gasteiger partial charge in [0.1, 0.15) is 0 Å². The van der Waals surface area contributed by atoms with E-state index < -0.39 is 0 Å². The molecule has 0 aromatic heterocycles. The topological polar surface area (TPSA) is 38.5 Å². The second kappa shape index (κ2) is 9.32. The molecule has 112 valence electrons. The number of rotatable bonds is 6. The van der Waals surface area contributed by atoms with Gasteiger partial charge in [0, 0.05) is 0 Å². The lowest BCUT2D eigenvalue weighted by Crippen LogP contribution is -1.98. The van der Waals surface area contributed by atoms with Gasteiger partial charge in [0.2, 0.25) is 0 Å². The summed E-state index contributed by atoms with van der Waals surface area (Å²) in [6.45, 7) is 1.82. The Bertz CT molecular complexity index is 442. The van der Waals surface area contributed by atoms with Crippen molar-refractivity contribution >= 4 is 0 Å². The molecule has 1 atom stereocenters. The number of hydrogen-bond acceptors (Lipinski definition) is 2. The summed E-state index contributed by atoms with van der Waals surface area (Å²) in [6, 6.07) is 21.1. The Morgan fingerprint density at radius 2 is 1.38 bits per heavy atom. The van der Waals surface area contributed by atoms with Crippen molar-refractivity contribution < 1.29 is 4.74 Å². The largest absolute Gasteiger partial charge is 0.373 e. The lowest BCUT2D eigenvalue weighted by atomic mass is 10.1. The van der Waals surface area contributed by atoms with E-state index in [4.69, 9.17) is 10.5 Å². The molecule has 2 nitrogen and oxygen atoms in total. The molecule has 0 amide bonds. The summed E-state index contributed by atoms with van der Waals surface area (Å²) in [5.41, 5.74) is 8.03. The van der Waals surface area contributed by atoms with Crippen molar-refractivity contribution in [2.75, 3.05) is 13.2 Å². The maximum Gasteiger partial charge on any atom is 0.0810 e. The molecule has 0 spiro atoms. The average Bonchev–Trinajstić information content (AvgIpc) is 3.35. The number of ether oxygens (including phenoxy) is 1. The lowest BCUT2D eigenvalue weighted by molar-refractivity contribution is 0.390. The van der Waals surface area contributed by atoms with Gasteiger partial charge in [-0.25, -0.2) is 0 Å². The Balaban J connectivity index is 0.000000173. The minimum absolute atomic E-state index is 0.599. The summed E-state index contributed by atoms with van der Waals surface area (Å²) in [5.74, 6) is 0. The third-order valence-electron chi connectivity index (χ3n) is 3.48. The Morgan fingerprint density at radius 3 is 1.81 bits per heavy atom. The quantitative estimate of drug-likeness (QED) is 0.647. The highest BCUT2D eigenvalue weighted by Crippen LogP contribution is 2.15. The van der Waals surface area contributed by atoms with Crippen LogP contribution in [0.3, 0.4) is 0 Å². The van der Waals surface area contributed by atoms with Crippen molar-refractivity contribution in [3.63, 3.8) is 0 Å². The molecule has 1 heterocycles. The van der Waals surface area contributed by atoms with Crippen LogP contribution in [0.15, 0.2) is 60.7 Å². The molecule has 3 rings (SSSR count). The van der Waals surface area contributed by atoms with E-state index in [0.717, 1.165) is 26.0 Å². The fraction of sp³-hybridized carbons (Fsp3) is 0.368. The van der Waals surface area contributed by atoms with Gasteiger partial charge >= 0.3 is 0 Å². The van der Waals surface area contributed by atoms with E-state index in [0.29, 0.717) is 6.10 Å². The molecular formula is C19H25NO. The van der Waals surface area contributed by atoms with Crippen molar-refractivity contribution in [3.8, 4) is 0 Å². The van der Waals surface area contributed by atoms with Gasteiger partial charge in [0.15, 0.2) is 0 Å². The number of epoxide rings is 1. The number of nitrogens with two attached hydrogens (primary N) is 1. The molecule has 0 saturated carbocycles. The fourth-order valence-electron chi connectivity index (χ4n) is 2.18. The highest BCUT2D eigenvalue weighted by Gasteiger charge is 2.20. The van der Waals surface area contributed by atoms with Gasteiger partial charge < -0.3 is 10.5 Å². The molecule has 2 heteroatoms. The van der Waals surface area contributed by atoms with Crippen LogP contribution in [0, 0.1) is 0 Å². The molecular weight excluding hydrogens is 258 g/mol. The van der Waals surface area contributed by atoms with Crippen molar-refractivity contribution in [1.29, 1.82) is 0 Å². The summed E-state index contributed by atoms with van der Waals surface area (Å²) < 4.78 is 5.01. The summed E-state index contributed by atoms with van der Waals surface area (Å²) in [7, 11) is 0. The van der Waals surface area contributed by atoms with Crippen LogP contribution < -0.4 is 5.73 Å². The van der Waals surface area contributed by atoms with Crippen LogP contribution in [0.5, 0.6) is 0 Å². The van der Waals surface area contributed by atoms with Gasteiger partial charge in [0.05, 0.1) is 12.7 Å². The molecule has 1 aliphatic rings. The molecule has 0 bridgehead atoms. The smallest absolute Gasteiger partial charge is 0.0810 e. The van der Waals surface area contributed by atoms with E-state index in [9.17, 15) is 0 Å². The normalized spacial score (nSPS) is 16.0. The third kappa shape index (κ3) is 7.07. The van der Waals surface area contributed by atoms with E-state index in [-0.39, 0.29) is 0 Å². The summed E-state index contributed by atoms with van der Waals surface area (Å²) in [4.78, 5) is 0. The minimum atomic E-state index is 0.599. The van der Waals surface area contributed by atoms with E-state index in [1.54, 1.807) is 0 Å². The first kappa shape index (κ1) is 15.7. The first-order valence-corrected chi connectivity index (χ1v) is 7.78. The average molecular weight is 283 g/mol. The second-order valence-electron chi connectivity index (χ2n) is 5.39. The van der Waals surface area contributed by atoms with Crippen LogP contribution in [-0.2, 0) is 11.2 Å². The van der Waals surface area contributed by atoms with Crippen LogP contribution in [0.1, 0.15) is 30.4 Å². The molecule has 2 aromatic carbocycles. The van der Waals surface area contributed by atoms with Crippen LogP contribution >= 0.6 is 0 Å². The predicted molar refractivity (Wildman–Crippen MR) is 88.3 cm³/mol. The third-order valence-corrected chi connectivity index (χ3v) is 3.48. The molecule has 2 N–H and O–H groups in total. The SMILES string of the molecule is NCCCCC1CO1.c1ccc(Cc2ccccc2)cc1. The second-order valence-corrected chi connectivity index (χ2v) is 5.39. The van der Waals surface area contributed by atoms with Crippen LogP contribution in [0.25, 0.3) is 0 Å². The van der Waals surface area contributed by atoms with E-state index in [2.05, 4.69) is 60.7 Å². The Labute approximate surface area is 127 Å². The fourth-order valence-corrected chi connectivity index (χ4v) is 2.18. The van der Waals surface area contributed by atoms with Gasteiger partial charge in [-0.3, -0.25) is 0 Å². The van der Waals surface area contributed by atoms with Gasteiger partial charge in [-0.15, -0.1) is 0 Å². The van der Waals surface area contributed by atoms with Gasteiger partial charge in [-0.1, -0.05) is 60.7 Å². The maximum absolute atomic E-state index is 5.29. The van der Waals surface area contributed by atoms with Crippen molar-refractivity contribution in [2.45, 2.75) is 31.8 Å². The highest BCUT2D eigenvalue weighted by molar-refractivity contribution is 5.25. The molecule has 2 aromatic rings. The highest BCUT2D eigenvalue weighted by atomic mass is 16.6. The van der Waals surface area contributed by atoms with Crippen LogP contribution in [0.4, 0.5) is 0 Å². The van der Waals surface area contributed by atoms with Gasteiger partial charge in [-0.05, 0) is 43.4 Å². The van der Waals surface area contributed by atoms with Crippen LogP contribution in [-0.4, -0.2) is 19.3 Å². The molecule has 1 aliphatic heterocycles. The number of unbranched alkanes of at least 4 members (excludes halogenated alkanes) is 1. The minimum Gasteiger partial charge on any atom is -0.373 e. The Morgan fingerprint density at radius 1 is 0.857 bits per heavy atom. The van der Waals surface area contributed by atoms with Crippen molar-refractivity contribution in [3.05, 3.63) is 71.8 Å². The first-order valence-electron chi connectivity index (χ1n) is 7.78. The molecule has 1 saturated heterocycles. The first-order chi connectivity index (χ1) is 10.4. The number of hydrogen-bond donors (Lipinski definition) is 1. The monoisotopic (exact) mass is 283 g/mol.